The number of ketones is 4. The van der Waals surface area contributed by atoms with Crippen LogP contribution in [-0.2, 0) is 45.4 Å². The zero-order chi connectivity index (χ0) is 33.4. The van der Waals surface area contributed by atoms with Crippen LogP contribution in [0.4, 0.5) is 52.7 Å². The Balaban J connectivity index is -0.000000139. The summed E-state index contributed by atoms with van der Waals surface area (Å²) in [5.74, 6) is -12.0. The smallest absolute Gasteiger partial charge is 0.402 e. The topological polar surface area (TPSA) is 161 Å². The van der Waals surface area contributed by atoms with Crippen LogP contribution in [0.2, 0.25) is 0 Å². The van der Waals surface area contributed by atoms with Gasteiger partial charge in [0, 0.05) is 26.2 Å². The van der Waals surface area contributed by atoms with Gasteiger partial charge >= 0.3 is 24.7 Å². The van der Waals surface area contributed by atoms with Gasteiger partial charge in [-0.2, -0.15) is 52.7 Å². The molecule has 0 unspecified atom stereocenters. The van der Waals surface area contributed by atoms with E-state index in [9.17, 15) is 92.3 Å². The number of hydrogen-bond donors (Lipinski definition) is 0. The van der Waals surface area contributed by atoms with Gasteiger partial charge in [0.15, 0.2) is 23.1 Å². The van der Waals surface area contributed by atoms with Crippen LogP contribution in [0.15, 0.2) is 47.3 Å². The van der Waals surface area contributed by atoms with Gasteiger partial charge in [0.1, 0.15) is 0 Å². The molecule has 0 fully saturated rings. The Morgan fingerprint density at radius 1 is 0.390 bits per heavy atom. The second kappa shape index (κ2) is 19.9. The van der Waals surface area contributed by atoms with Crippen molar-refractivity contribution in [2.75, 3.05) is 0 Å². The first-order valence-corrected chi connectivity index (χ1v) is 9.21. The monoisotopic (exact) mass is 702 g/mol. The van der Waals surface area contributed by atoms with Crippen molar-refractivity contribution in [1.82, 2.24) is 0 Å². The minimum Gasteiger partial charge on any atom is -0.869 e. The van der Waals surface area contributed by atoms with Gasteiger partial charge in [-0.15, -0.1) is 0 Å². The molecule has 41 heavy (non-hydrogen) atoms. The minimum atomic E-state index is -4.92. The van der Waals surface area contributed by atoms with Gasteiger partial charge in [0.05, 0.1) is 0 Å². The number of halogens is 12. The minimum absolute atomic E-state index is 0. The molecule has 0 aliphatic heterocycles. The van der Waals surface area contributed by atoms with Gasteiger partial charge in [-0.1, -0.05) is 0 Å². The molecular formula is C20H16F12O8Zr-4. The molecule has 0 rings (SSSR count). The summed E-state index contributed by atoms with van der Waals surface area (Å²) in [6, 6.07) is 0. The van der Waals surface area contributed by atoms with Crippen molar-refractivity contribution >= 4 is 23.1 Å². The molecule has 0 saturated carbocycles. The SMILES string of the molecule is CC(=O)/C=C(\[O-])C(F)(F)F.CC(=O)/C=C(\[O-])C(F)(F)F.CC(=O)/C=C(\[O-])C(F)(F)F.CC(=O)/C=C(\[O-])C(F)(F)F.[Zr]. The van der Waals surface area contributed by atoms with Gasteiger partial charge in [0.25, 0.3) is 0 Å². The third-order valence-electron chi connectivity index (χ3n) is 2.45. The first kappa shape index (κ1) is 47.7. The summed E-state index contributed by atoms with van der Waals surface area (Å²) in [6.07, 6.45) is -19.6. The number of alkyl halides is 12. The Kier molecular flexibility index (Phi) is 23.1. The van der Waals surface area contributed by atoms with E-state index in [1.165, 1.54) is 0 Å². The summed E-state index contributed by atoms with van der Waals surface area (Å²) in [5, 5.41) is 39.5. The molecule has 0 aromatic heterocycles. The zero-order valence-electron chi connectivity index (χ0n) is 20.6. The van der Waals surface area contributed by atoms with Crippen LogP contribution in [-0.4, -0.2) is 47.8 Å². The Morgan fingerprint density at radius 2 is 0.488 bits per heavy atom. The molecule has 0 aromatic rings. The Labute approximate surface area is 241 Å². The van der Waals surface area contributed by atoms with Crippen LogP contribution in [0.25, 0.3) is 0 Å². The van der Waals surface area contributed by atoms with Crippen LogP contribution in [0.5, 0.6) is 0 Å². The zero-order valence-corrected chi connectivity index (χ0v) is 23.1. The summed E-state index contributed by atoms with van der Waals surface area (Å²) in [6.45, 7) is 3.51. The maximum absolute atomic E-state index is 11.3. The van der Waals surface area contributed by atoms with Crippen molar-refractivity contribution in [3.63, 3.8) is 0 Å². The van der Waals surface area contributed by atoms with E-state index in [0.29, 0.717) is 0 Å². The second-order valence-corrected chi connectivity index (χ2v) is 6.47. The predicted octanol–water partition coefficient (Wildman–Crippen LogP) is 1.53. The van der Waals surface area contributed by atoms with E-state index in [4.69, 9.17) is 0 Å². The first-order valence-electron chi connectivity index (χ1n) is 9.21. The summed E-state index contributed by atoms with van der Waals surface area (Å²) in [5.41, 5.74) is 0. The first-order chi connectivity index (χ1) is 17.3. The average Bonchev–Trinajstić information content (AvgIpc) is 2.64. The molecule has 0 N–H and O–H groups in total. The molecule has 0 aliphatic rings. The molecule has 0 spiro atoms. The molecule has 0 aliphatic carbocycles. The van der Waals surface area contributed by atoms with Gasteiger partial charge < -0.3 is 20.4 Å². The van der Waals surface area contributed by atoms with Crippen molar-refractivity contribution in [2.24, 2.45) is 0 Å². The van der Waals surface area contributed by atoms with Crippen molar-refractivity contribution in [3.05, 3.63) is 47.3 Å². The molecule has 0 atom stereocenters. The fraction of sp³-hybridized carbons (Fsp3) is 0.400. The summed E-state index contributed by atoms with van der Waals surface area (Å²) in [7, 11) is 0. The van der Waals surface area contributed by atoms with Crippen LogP contribution < -0.4 is 20.4 Å². The van der Waals surface area contributed by atoms with E-state index in [-0.39, 0.29) is 50.5 Å². The molecule has 0 aromatic carbocycles. The molecule has 8 nitrogen and oxygen atoms in total. The fourth-order valence-electron chi connectivity index (χ4n) is 1.07. The van der Waals surface area contributed by atoms with E-state index in [1.807, 2.05) is 0 Å². The predicted molar refractivity (Wildman–Crippen MR) is 99.3 cm³/mol. The van der Waals surface area contributed by atoms with Crippen molar-refractivity contribution < 1.29 is 118 Å². The summed E-state index contributed by atoms with van der Waals surface area (Å²) in [4.78, 5) is 39.7. The average molecular weight is 704 g/mol. The van der Waals surface area contributed by atoms with Crippen LogP contribution in [0.3, 0.4) is 0 Å². The van der Waals surface area contributed by atoms with E-state index in [1.54, 1.807) is 0 Å². The standard InChI is InChI=1S/4C5H5F3O2.Zr/c4*1-3(9)2-4(10)5(6,7)8;/h4*2,10H,1H3;/p-4/b4*4-2-;. The molecule has 0 heterocycles. The summed E-state index contributed by atoms with van der Waals surface area (Å²) < 4.78 is 135. The second-order valence-electron chi connectivity index (χ2n) is 6.47. The Bertz CT molecular complexity index is 840. The largest absolute Gasteiger partial charge is 0.869 e. The van der Waals surface area contributed by atoms with Gasteiger partial charge in [-0.3, -0.25) is 19.2 Å². The molecular weight excluding hydrogens is 687 g/mol. The molecule has 0 saturated heterocycles. The number of carbonyl (C=O) groups excluding carboxylic acids is 4. The van der Waals surface area contributed by atoms with Gasteiger partial charge in [0.2, 0.25) is 0 Å². The normalized spacial score (nSPS) is 13.1. The molecule has 0 radical (unpaired) electrons. The van der Waals surface area contributed by atoms with Crippen LogP contribution in [0.1, 0.15) is 27.7 Å². The maximum atomic E-state index is 11.3. The van der Waals surface area contributed by atoms with E-state index >= 15 is 0 Å². The quantitative estimate of drug-likeness (QED) is 0.242. The van der Waals surface area contributed by atoms with Crippen LogP contribution in [0, 0.1) is 0 Å². The number of allylic oxidation sites excluding steroid dienone is 8. The Hall–Kier alpha value is -3.12. The Morgan fingerprint density at radius 3 is 0.512 bits per heavy atom. The fourth-order valence-corrected chi connectivity index (χ4v) is 1.07. The van der Waals surface area contributed by atoms with E-state index < -0.39 is 70.9 Å². The molecule has 0 bridgehead atoms. The van der Waals surface area contributed by atoms with Gasteiger partial charge in [-0.25, -0.2) is 0 Å². The third-order valence-corrected chi connectivity index (χ3v) is 2.45. The molecule has 21 heteroatoms. The van der Waals surface area contributed by atoms with Gasteiger partial charge in [-0.05, 0) is 75.0 Å². The van der Waals surface area contributed by atoms with E-state index in [2.05, 4.69) is 0 Å². The molecule has 236 valence electrons. The number of hydrogen-bond acceptors (Lipinski definition) is 8. The maximum Gasteiger partial charge on any atom is 0.402 e. The van der Waals surface area contributed by atoms with Crippen LogP contribution >= 0.6 is 0 Å². The van der Waals surface area contributed by atoms with E-state index in [0.717, 1.165) is 27.7 Å². The number of rotatable bonds is 4. The molecule has 0 amide bonds. The number of carbonyl (C=O) groups is 4. The summed E-state index contributed by atoms with van der Waals surface area (Å²) >= 11 is 0. The van der Waals surface area contributed by atoms with Crippen molar-refractivity contribution in [2.45, 2.75) is 52.4 Å². The van der Waals surface area contributed by atoms with Crippen molar-refractivity contribution in [3.8, 4) is 0 Å². The van der Waals surface area contributed by atoms with Crippen molar-refractivity contribution in [1.29, 1.82) is 0 Å². The third kappa shape index (κ3) is 33.0.